The zero-order chi connectivity index (χ0) is 23.8. The third kappa shape index (κ3) is 6.17. The molecule has 8 heteroatoms. The monoisotopic (exact) mass is 470 g/mol. The minimum absolute atomic E-state index is 0.0691. The van der Waals surface area contributed by atoms with E-state index in [0.29, 0.717) is 12.1 Å². The maximum Gasteiger partial charge on any atom is 0.253 e. The quantitative estimate of drug-likeness (QED) is 0.429. The van der Waals surface area contributed by atoms with Crippen LogP contribution in [0.4, 0.5) is 0 Å². The van der Waals surface area contributed by atoms with Crippen LogP contribution in [0.3, 0.4) is 0 Å². The van der Waals surface area contributed by atoms with Gasteiger partial charge in [0.2, 0.25) is 10.0 Å². The summed E-state index contributed by atoms with van der Waals surface area (Å²) in [5, 5.41) is 2.25. The van der Waals surface area contributed by atoms with Gasteiger partial charge in [-0.3, -0.25) is 4.79 Å². The Labute approximate surface area is 195 Å². The van der Waals surface area contributed by atoms with Gasteiger partial charge in [-0.05, 0) is 40.6 Å². The van der Waals surface area contributed by atoms with Crippen LogP contribution in [0, 0.1) is 0 Å². The highest BCUT2D eigenvalue weighted by molar-refractivity contribution is 7.89. The number of methoxy groups -OCH3 is 2. The number of hydrogen-bond acceptors (Lipinski definition) is 5. The molecule has 0 aromatic heterocycles. The minimum Gasteiger partial charge on any atom is -0.383 e. The third-order valence-electron chi connectivity index (χ3n) is 5.39. The maximum absolute atomic E-state index is 13.2. The molecule has 0 unspecified atom stereocenters. The fourth-order valence-electron chi connectivity index (χ4n) is 3.58. The topological polar surface area (TPSA) is 76.1 Å². The summed E-state index contributed by atoms with van der Waals surface area (Å²) in [6.45, 7) is 1.32. The Kier molecular flexibility index (Phi) is 8.57. The number of rotatable bonds is 11. The Morgan fingerprint density at radius 3 is 2.18 bits per heavy atom. The second-order valence-corrected chi connectivity index (χ2v) is 9.70. The number of amides is 1. The van der Waals surface area contributed by atoms with Gasteiger partial charge in [0.25, 0.3) is 5.91 Å². The molecule has 0 radical (unpaired) electrons. The lowest BCUT2D eigenvalue weighted by Crippen LogP contribution is -2.36. The highest BCUT2D eigenvalue weighted by atomic mass is 32.2. The van der Waals surface area contributed by atoms with Crippen LogP contribution in [-0.4, -0.2) is 71.1 Å². The van der Waals surface area contributed by atoms with E-state index in [9.17, 15) is 13.2 Å². The van der Waals surface area contributed by atoms with Crippen LogP contribution in [0.5, 0.6) is 0 Å². The molecule has 0 aliphatic heterocycles. The van der Waals surface area contributed by atoms with Crippen molar-refractivity contribution in [3.05, 3.63) is 77.9 Å². The molecule has 3 aromatic rings. The molecule has 0 aliphatic rings. The molecule has 0 heterocycles. The van der Waals surface area contributed by atoms with E-state index in [-0.39, 0.29) is 37.1 Å². The Morgan fingerprint density at radius 1 is 0.848 bits per heavy atom. The summed E-state index contributed by atoms with van der Waals surface area (Å²) in [5.74, 6) is -0.249. The molecular weight excluding hydrogens is 440 g/mol. The SMILES string of the molecule is COCCN(CCOC)S(=O)(=O)c1cccc(C(=O)N(C)Cc2ccc3ccccc3c2)c1. The maximum atomic E-state index is 13.2. The first-order valence-electron chi connectivity index (χ1n) is 10.7. The molecule has 7 nitrogen and oxygen atoms in total. The highest BCUT2D eigenvalue weighted by Crippen LogP contribution is 2.20. The highest BCUT2D eigenvalue weighted by Gasteiger charge is 2.25. The molecular formula is C25H30N2O5S. The molecule has 1 amide bonds. The van der Waals surface area contributed by atoms with Crippen molar-refractivity contribution in [3.63, 3.8) is 0 Å². The van der Waals surface area contributed by atoms with Gasteiger partial charge in [-0.15, -0.1) is 0 Å². The average molecular weight is 471 g/mol. The van der Waals surface area contributed by atoms with Crippen LogP contribution in [0.1, 0.15) is 15.9 Å². The van der Waals surface area contributed by atoms with Crippen LogP contribution < -0.4 is 0 Å². The van der Waals surface area contributed by atoms with E-state index in [2.05, 4.69) is 6.07 Å². The van der Waals surface area contributed by atoms with Crippen molar-refractivity contribution in [3.8, 4) is 0 Å². The average Bonchev–Trinajstić information content (AvgIpc) is 2.83. The Bertz CT molecular complexity index is 1190. The molecule has 0 fully saturated rings. The van der Waals surface area contributed by atoms with Crippen molar-refractivity contribution in [1.82, 2.24) is 9.21 Å². The lowest BCUT2D eigenvalue weighted by molar-refractivity contribution is 0.0785. The van der Waals surface area contributed by atoms with E-state index >= 15 is 0 Å². The molecule has 0 bridgehead atoms. The van der Waals surface area contributed by atoms with Crippen molar-refractivity contribution in [2.45, 2.75) is 11.4 Å². The Balaban J connectivity index is 1.79. The minimum atomic E-state index is -3.81. The van der Waals surface area contributed by atoms with E-state index in [1.54, 1.807) is 24.1 Å². The number of nitrogens with zero attached hydrogens (tertiary/aromatic N) is 2. The van der Waals surface area contributed by atoms with E-state index in [1.165, 1.54) is 30.7 Å². The van der Waals surface area contributed by atoms with Gasteiger partial charge in [0.05, 0.1) is 18.1 Å². The van der Waals surface area contributed by atoms with Crippen LogP contribution in [0.2, 0.25) is 0 Å². The van der Waals surface area contributed by atoms with Gasteiger partial charge in [-0.1, -0.05) is 42.5 Å². The zero-order valence-electron chi connectivity index (χ0n) is 19.2. The van der Waals surface area contributed by atoms with Crippen LogP contribution in [0.15, 0.2) is 71.6 Å². The van der Waals surface area contributed by atoms with Gasteiger partial charge >= 0.3 is 0 Å². The molecule has 176 valence electrons. The van der Waals surface area contributed by atoms with Gasteiger partial charge < -0.3 is 14.4 Å². The first kappa shape index (κ1) is 24.9. The van der Waals surface area contributed by atoms with Gasteiger partial charge in [-0.25, -0.2) is 8.42 Å². The molecule has 3 rings (SSSR count). The molecule has 0 N–H and O–H groups in total. The van der Waals surface area contributed by atoms with Gasteiger partial charge in [0.1, 0.15) is 0 Å². The summed E-state index contributed by atoms with van der Waals surface area (Å²) in [7, 11) is 0.942. The van der Waals surface area contributed by atoms with E-state index in [1.807, 2.05) is 36.4 Å². The van der Waals surface area contributed by atoms with Crippen LogP contribution >= 0.6 is 0 Å². The number of fused-ring (bicyclic) bond motifs is 1. The lowest BCUT2D eigenvalue weighted by atomic mass is 10.1. The smallest absolute Gasteiger partial charge is 0.253 e. The summed E-state index contributed by atoms with van der Waals surface area (Å²) in [6, 6.07) is 20.3. The molecule has 0 aliphatic carbocycles. The fraction of sp³-hybridized carbons (Fsp3) is 0.320. The number of benzene rings is 3. The van der Waals surface area contributed by atoms with Gasteiger partial charge in [0.15, 0.2) is 0 Å². The largest absolute Gasteiger partial charge is 0.383 e. The summed E-state index contributed by atoms with van der Waals surface area (Å²) in [4.78, 5) is 14.7. The Hall–Kier alpha value is -2.78. The van der Waals surface area contributed by atoms with Gasteiger partial charge in [-0.2, -0.15) is 4.31 Å². The first-order valence-corrected chi connectivity index (χ1v) is 12.1. The number of hydrogen-bond donors (Lipinski definition) is 0. The summed E-state index contributed by atoms with van der Waals surface area (Å²) in [5.41, 5.74) is 1.32. The molecule has 0 saturated heterocycles. The second-order valence-electron chi connectivity index (χ2n) is 7.76. The normalized spacial score (nSPS) is 11.8. The van der Waals surface area contributed by atoms with E-state index in [0.717, 1.165) is 16.3 Å². The number of carbonyl (C=O) groups is 1. The van der Waals surface area contributed by atoms with E-state index < -0.39 is 10.0 Å². The summed E-state index contributed by atoms with van der Waals surface area (Å²) >= 11 is 0. The summed E-state index contributed by atoms with van der Waals surface area (Å²) < 4.78 is 37.8. The van der Waals surface area contributed by atoms with Crippen molar-refractivity contribution in [1.29, 1.82) is 0 Å². The third-order valence-corrected chi connectivity index (χ3v) is 7.28. The molecule has 33 heavy (non-hydrogen) atoms. The van der Waals surface area contributed by atoms with E-state index in [4.69, 9.17) is 9.47 Å². The van der Waals surface area contributed by atoms with Crippen molar-refractivity contribution in [2.24, 2.45) is 0 Å². The lowest BCUT2D eigenvalue weighted by Gasteiger charge is -2.22. The molecule has 0 saturated carbocycles. The van der Waals surface area contributed by atoms with Crippen molar-refractivity contribution >= 4 is 26.7 Å². The molecule has 0 spiro atoms. The van der Waals surface area contributed by atoms with Crippen LogP contribution in [-0.2, 0) is 26.0 Å². The first-order chi connectivity index (χ1) is 15.9. The Morgan fingerprint density at radius 2 is 1.52 bits per heavy atom. The van der Waals surface area contributed by atoms with Crippen LogP contribution in [0.25, 0.3) is 10.8 Å². The number of ether oxygens (including phenoxy) is 2. The second kappa shape index (κ2) is 11.4. The zero-order valence-corrected chi connectivity index (χ0v) is 20.0. The van der Waals surface area contributed by atoms with Crippen molar-refractivity contribution in [2.75, 3.05) is 47.6 Å². The standard InChI is InChI=1S/C25H30N2O5S/c1-26(19-20-11-12-21-7-4-5-8-22(21)17-20)25(28)23-9-6-10-24(18-23)33(29,30)27(13-15-31-2)14-16-32-3/h4-12,17-18H,13-16,19H2,1-3H3. The van der Waals surface area contributed by atoms with Gasteiger partial charge in [0, 0.05) is 46.5 Å². The predicted molar refractivity (Wildman–Crippen MR) is 129 cm³/mol. The van der Waals surface area contributed by atoms with Crippen molar-refractivity contribution < 1.29 is 22.7 Å². The fourth-order valence-corrected chi connectivity index (χ4v) is 5.03. The molecule has 0 atom stereocenters. The summed E-state index contributed by atoms with van der Waals surface area (Å²) in [6.07, 6.45) is 0. The number of sulfonamides is 1. The molecule has 3 aromatic carbocycles. The predicted octanol–water partition coefficient (Wildman–Crippen LogP) is 3.40. The number of carbonyl (C=O) groups excluding carboxylic acids is 1.